The summed E-state index contributed by atoms with van der Waals surface area (Å²) < 4.78 is 15.4. The fraction of sp³-hybridized carbons (Fsp3) is 0.273. The SMILES string of the molecule is Cc1cc(F)c(-c2c(C)cnn2C)cn1. The standard InChI is InChI=1S/C11H12FN3/c1-7-5-14-15(3)11(7)9-6-13-8(2)4-10(9)12/h4-6H,1-3H3. The first-order chi connectivity index (χ1) is 7.09. The van der Waals surface area contributed by atoms with E-state index < -0.39 is 0 Å². The lowest BCUT2D eigenvalue weighted by atomic mass is 10.1. The number of aryl methyl sites for hydroxylation is 3. The van der Waals surface area contributed by atoms with Crippen LogP contribution in [0.15, 0.2) is 18.5 Å². The van der Waals surface area contributed by atoms with E-state index in [4.69, 9.17) is 0 Å². The van der Waals surface area contributed by atoms with E-state index in [1.165, 1.54) is 6.07 Å². The number of aromatic nitrogens is 3. The summed E-state index contributed by atoms with van der Waals surface area (Å²) >= 11 is 0. The van der Waals surface area contributed by atoms with Crippen LogP contribution in [0.3, 0.4) is 0 Å². The van der Waals surface area contributed by atoms with Gasteiger partial charge in [0.2, 0.25) is 0 Å². The second-order valence-corrected chi connectivity index (χ2v) is 3.61. The smallest absolute Gasteiger partial charge is 0.135 e. The molecule has 2 heterocycles. The van der Waals surface area contributed by atoms with E-state index in [0.717, 1.165) is 11.3 Å². The predicted octanol–water partition coefficient (Wildman–Crippen LogP) is 2.24. The minimum Gasteiger partial charge on any atom is -0.268 e. The molecule has 0 aliphatic heterocycles. The van der Waals surface area contributed by atoms with Crippen molar-refractivity contribution < 1.29 is 4.39 Å². The molecule has 2 aromatic heterocycles. The van der Waals surface area contributed by atoms with Gasteiger partial charge in [-0.3, -0.25) is 9.67 Å². The van der Waals surface area contributed by atoms with Gasteiger partial charge in [-0.2, -0.15) is 5.10 Å². The van der Waals surface area contributed by atoms with Crippen LogP contribution >= 0.6 is 0 Å². The van der Waals surface area contributed by atoms with Crippen molar-refractivity contribution in [1.29, 1.82) is 0 Å². The maximum absolute atomic E-state index is 13.7. The Labute approximate surface area is 87.6 Å². The molecule has 0 bridgehead atoms. The van der Waals surface area contributed by atoms with Gasteiger partial charge in [0, 0.05) is 18.9 Å². The molecule has 2 aromatic rings. The summed E-state index contributed by atoms with van der Waals surface area (Å²) in [6.07, 6.45) is 3.27. The first-order valence-corrected chi connectivity index (χ1v) is 4.70. The number of rotatable bonds is 1. The van der Waals surface area contributed by atoms with Crippen LogP contribution in [0.2, 0.25) is 0 Å². The lowest BCUT2D eigenvalue weighted by Gasteiger charge is -2.05. The van der Waals surface area contributed by atoms with Crippen LogP contribution < -0.4 is 0 Å². The summed E-state index contributed by atoms with van der Waals surface area (Å²) in [4.78, 5) is 4.10. The van der Waals surface area contributed by atoms with Gasteiger partial charge in [-0.05, 0) is 25.5 Å². The third-order valence-electron chi connectivity index (χ3n) is 2.37. The average Bonchev–Trinajstić information content (AvgIpc) is 2.48. The Morgan fingerprint density at radius 3 is 2.53 bits per heavy atom. The van der Waals surface area contributed by atoms with E-state index in [-0.39, 0.29) is 5.82 Å². The topological polar surface area (TPSA) is 30.7 Å². The Morgan fingerprint density at radius 1 is 1.27 bits per heavy atom. The molecule has 0 aliphatic carbocycles. The fourth-order valence-electron chi connectivity index (χ4n) is 1.63. The van der Waals surface area contributed by atoms with Crippen LogP contribution in [-0.2, 0) is 7.05 Å². The van der Waals surface area contributed by atoms with Crippen molar-refractivity contribution in [3.8, 4) is 11.3 Å². The minimum absolute atomic E-state index is 0.255. The monoisotopic (exact) mass is 205 g/mol. The van der Waals surface area contributed by atoms with Gasteiger partial charge in [-0.25, -0.2) is 4.39 Å². The van der Waals surface area contributed by atoms with Gasteiger partial charge in [-0.1, -0.05) is 0 Å². The Balaban J connectivity index is 2.64. The lowest BCUT2D eigenvalue weighted by Crippen LogP contribution is -1.98. The summed E-state index contributed by atoms with van der Waals surface area (Å²) in [6, 6.07) is 1.43. The van der Waals surface area contributed by atoms with Crippen molar-refractivity contribution in [2.75, 3.05) is 0 Å². The normalized spacial score (nSPS) is 10.7. The van der Waals surface area contributed by atoms with Crippen LogP contribution in [0.25, 0.3) is 11.3 Å². The van der Waals surface area contributed by atoms with Crippen molar-refractivity contribution in [2.45, 2.75) is 13.8 Å². The second kappa shape index (κ2) is 3.46. The van der Waals surface area contributed by atoms with Gasteiger partial charge in [-0.15, -0.1) is 0 Å². The summed E-state index contributed by atoms with van der Waals surface area (Å²) in [6.45, 7) is 3.67. The van der Waals surface area contributed by atoms with E-state index in [1.54, 1.807) is 31.0 Å². The third kappa shape index (κ3) is 1.63. The highest BCUT2D eigenvalue weighted by Crippen LogP contribution is 2.24. The molecule has 0 atom stereocenters. The highest BCUT2D eigenvalue weighted by Gasteiger charge is 2.12. The molecule has 15 heavy (non-hydrogen) atoms. The molecule has 78 valence electrons. The quantitative estimate of drug-likeness (QED) is 0.714. The molecule has 3 nitrogen and oxygen atoms in total. The zero-order chi connectivity index (χ0) is 11.0. The Kier molecular flexibility index (Phi) is 2.26. The molecule has 0 fully saturated rings. The molecular weight excluding hydrogens is 193 g/mol. The molecule has 0 aliphatic rings. The van der Waals surface area contributed by atoms with Gasteiger partial charge < -0.3 is 0 Å². The molecule has 0 aromatic carbocycles. The first kappa shape index (κ1) is 9.83. The summed E-state index contributed by atoms with van der Waals surface area (Å²) in [7, 11) is 1.79. The zero-order valence-electron chi connectivity index (χ0n) is 8.95. The van der Waals surface area contributed by atoms with Crippen molar-refractivity contribution in [3.05, 3.63) is 35.5 Å². The second-order valence-electron chi connectivity index (χ2n) is 3.61. The van der Waals surface area contributed by atoms with Crippen LogP contribution in [0.1, 0.15) is 11.3 Å². The molecular formula is C11H12FN3. The van der Waals surface area contributed by atoms with E-state index in [1.807, 2.05) is 6.92 Å². The van der Waals surface area contributed by atoms with E-state index in [0.29, 0.717) is 11.3 Å². The lowest BCUT2D eigenvalue weighted by molar-refractivity contribution is 0.624. The fourth-order valence-corrected chi connectivity index (χ4v) is 1.63. The average molecular weight is 205 g/mol. The largest absolute Gasteiger partial charge is 0.268 e. The number of pyridine rings is 1. The van der Waals surface area contributed by atoms with E-state index >= 15 is 0 Å². The molecule has 0 unspecified atom stereocenters. The molecule has 0 spiro atoms. The van der Waals surface area contributed by atoms with Gasteiger partial charge in [0.25, 0.3) is 0 Å². The van der Waals surface area contributed by atoms with E-state index in [2.05, 4.69) is 10.1 Å². The van der Waals surface area contributed by atoms with Gasteiger partial charge in [0.05, 0.1) is 17.5 Å². The Morgan fingerprint density at radius 2 is 2.00 bits per heavy atom. The minimum atomic E-state index is -0.255. The predicted molar refractivity (Wildman–Crippen MR) is 55.9 cm³/mol. The number of hydrogen-bond acceptors (Lipinski definition) is 2. The molecule has 0 amide bonds. The first-order valence-electron chi connectivity index (χ1n) is 4.70. The molecule has 0 saturated carbocycles. The van der Waals surface area contributed by atoms with Crippen LogP contribution in [-0.4, -0.2) is 14.8 Å². The summed E-state index contributed by atoms with van der Waals surface area (Å²) in [5.41, 5.74) is 2.90. The maximum Gasteiger partial charge on any atom is 0.135 e. The van der Waals surface area contributed by atoms with Crippen LogP contribution in [0.4, 0.5) is 4.39 Å². The molecule has 0 radical (unpaired) electrons. The zero-order valence-corrected chi connectivity index (χ0v) is 8.95. The van der Waals surface area contributed by atoms with Crippen molar-refractivity contribution in [3.63, 3.8) is 0 Å². The molecule has 2 rings (SSSR count). The molecule has 0 saturated heterocycles. The summed E-state index contributed by atoms with van der Waals surface area (Å²) in [5.74, 6) is -0.255. The highest BCUT2D eigenvalue weighted by atomic mass is 19.1. The highest BCUT2D eigenvalue weighted by molar-refractivity contribution is 5.62. The number of hydrogen-bond donors (Lipinski definition) is 0. The Bertz CT molecular complexity index is 483. The van der Waals surface area contributed by atoms with Gasteiger partial charge in [0.15, 0.2) is 0 Å². The van der Waals surface area contributed by atoms with Crippen LogP contribution in [0.5, 0.6) is 0 Å². The van der Waals surface area contributed by atoms with E-state index in [9.17, 15) is 4.39 Å². The number of nitrogens with zero attached hydrogens (tertiary/aromatic N) is 3. The molecule has 4 heteroatoms. The number of halogens is 1. The van der Waals surface area contributed by atoms with Crippen molar-refractivity contribution in [1.82, 2.24) is 14.8 Å². The van der Waals surface area contributed by atoms with Crippen molar-refractivity contribution in [2.24, 2.45) is 7.05 Å². The van der Waals surface area contributed by atoms with Crippen molar-refractivity contribution >= 4 is 0 Å². The third-order valence-corrected chi connectivity index (χ3v) is 2.37. The van der Waals surface area contributed by atoms with Crippen LogP contribution in [0, 0.1) is 19.7 Å². The Hall–Kier alpha value is -1.71. The summed E-state index contributed by atoms with van der Waals surface area (Å²) in [5, 5.41) is 4.08. The molecule has 0 N–H and O–H groups in total. The van der Waals surface area contributed by atoms with Gasteiger partial charge >= 0.3 is 0 Å². The van der Waals surface area contributed by atoms with Gasteiger partial charge in [0.1, 0.15) is 5.82 Å². The maximum atomic E-state index is 13.7.